The lowest BCUT2D eigenvalue weighted by atomic mass is 10.4. The van der Waals surface area contributed by atoms with E-state index in [4.69, 9.17) is 0 Å². The first-order chi connectivity index (χ1) is 8.25. The summed E-state index contributed by atoms with van der Waals surface area (Å²) in [5.74, 6) is 0. The summed E-state index contributed by atoms with van der Waals surface area (Å²) in [6.45, 7) is 0. The molecule has 0 aliphatic heterocycles. The molecule has 1 rings (SSSR count). The summed E-state index contributed by atoms with van der Waals surface area (Å²) in [5, 5.41) is 0. The highest BCUT2D eigenvalue weighted by molar-refractivity contribution is 7.89. The van der Waals surface area contributed by atoms with Gasteiger partial charge in [0, 0.05) is 7.05 Å². The molecule has 0 spiro atoms. The molecule has 0 saturated carbocycles. The van der Waals surface area contributed by atoms with Crippen LogP contribution in [-0.2, 0) is 24.9 Å². The topological polar surface area (TPSA) is 92.8 Å². The summed E-state index contributed by atoms with van der Waals surface area (Å²) < 4.78 is 49.4. The molecular weight excluding hydrogens is 280 g/mol. The zero-order chi connectivity index (χ0) is 14.0. The van der Waals surface area contributed by atoms with Gasteiger partial charge in [-0.25, -0.2) is 21.6 Å². The van der Waals surface area contributed by atoms with Crippen LogP contribution in [0, 0.1) is 0 Å². The third-order valence-electron chi connectivity index (χ3n) is 2.30. The Balaban J connectivity index is 3.20. The molecule has 0 amide bonds. The Kier molecular flexibility index (Phi) is 4.46. The van der Waals surface area contributed by atoms with Crippen molar-refractivity contribution in [1.29, 1.82) is 0 Å². The molecule has 0 fully saturated rings. The summed E-state index contributed by atoms with van der Waals surface area (Å²) in [6, 6.07) is 4.83. The highest BCUT2D eigenvalue weighted by Gasteiger charge is 2.21. The molecule has 102 valence electrons. The number of nitrogens with zero attached hydrogens (tertiary/aromatic N) is 1. The van der Waals surface area contributed by atoms with Gasteiger partial charge >= 0.3 is 0 Å². The first kappa shape index (κ1) is 15.1. The molecule has 0 unspecified atom stereocenters. The molecule has 0 aliphatic rings. The SMILES string of the molecule is CNS(=O)(=O)c1ccc(S(=O)(=O)N(C)OC)cc1. The van der Waals surface area contributed by atoms with Crippen LogP contribution >= 0.6 is 0 Å². The fraction of sp³-hybridized carbons (Fsp3) is 0.333. The van der Waals surface area contributed by atoms with Crippen molar-refractivity contribution in [3.63, 3.8) is 0 Å². The predicted octanol–water partition coefficient (Wildman–Crippen LogP) is -0.223. The van der Waals surface area contributed by atoms with Crippen LogP contribution in [0.15, 0.2) is 34.1 Å². The van der Waals surface area contributed by atoms with Crippen molar-refractivity contribution in [2.75, 3.05) is 21.2 Å². The van der Waals surface area contributed by atoms with Crippen molar-refractivity contribution in [3.8, 4) is 0 Å². The molecule has 0 atom stereocenters. The lowest BCUT2D eigenvalue weighted by Crippen LogP contribution is -2.25. The highest BCUT2D eigenvalue weighted by Crippen LogP contribution is 2.17. The summed E-state index contributed by atoms with van der Waals surface area (Å²) in [5.41, 5.74) is 0. The van der Waals surface area contributed by atoms with E-state index in [-0.39, 0.29) is 9.79 Å². The normalized spacial score (nSPS) is 12.9. The van der Waals surface area contributed by atoms with Crippen LogP contribution in [-0.4, -0.2) is 42.5 Å². The van der Waals surface area contributed by atoms with E-state index in [1.165, 1.54) is 45.5 Å². The molecule has 0 radical (unpaired) electrons. The van der Waals surface area contributed by atoms with Crippen molar-refractivity contribution in [2.45, 2.75) is 9.79 Å². The minimum absolute atomic E-state index is 0.0102. The van der Waals surface area contributed by atoms with E-state index < -0.39 is 20.0 Å². The smallest absolute Gasteiger partial charge is 0.264 e. The zero-order valence-corrected chi connectivity index (χ0v) is 11.7. The van der Waals surface area contributed by atoms with Crippen molar-refractivity contribution in [2.24, 2.45) is 0 Å². The number of nitrogens with one attached hydrogen (secondary N) is 1. The van der Waals surface area contributed by atoms with E-state index in [9.17, 15) is 16.8 Å². The minimum atomic E-state index is -3.76. The number of hydrogen-bond acceptors (Lipinski definition) is 5. The van der Waals surface area contributed by atoms with Gasteiger partial charge in [-0.2, -0.15) is 0 Å². The number of benzene rings is 1. The first-order valence-electron chi connectivity index (χ1n) is 4.82. The number of sulfonamides is 2. The largest absolute Gasteiger partial charge is 0.288 e. The van der Waals surface area contributed by atoms with Gasteiger partial charge in [0.15, 0.2) is 0 Å². The molecule has 1 N–H and O–H groups in total. The van der Waals surface area contributed by atoms with Crippen molar-refractivity contribution in [3.05, 3.63) is 24.3 Å². The fourth-order valence-corrected chi connectivity index (χ4v) is 2.86. The van der Waals surface area contributed by atoms with Crippen molar-refractivity contribution < 1.29 is 21.7 Å². The van der Waals surface area contributed by atoms with Crippen molar-refractivity contribution >= 4 is 20.0 Å². The minimum Gasteiger partial charge on any atom is -0.288 e. The molecule has 9 heteroatoms. The number of hydroxylamine groups is 1. The van der Waals surface area contributed by atoms with Crippen LogP contribution in [0.5, 0.6) is 0 Å². The molecule has 1 aromatic rings. The van der Waals surface area contributed by atoms with Gasteiger partial charge in [0.2, 0.25) is 10.0 Å². The molecule has 18 heavy (non-hydrogen) atoms. The molecule has 1 aromatic carbocycles. The molecule has 0 aromatic heterocycles. The highest BCUT2D eigenvalue weighted by atomic mass is 32.2. The monoisotopic (exact) mass is 294 g/mol. The maximum Gasteiger partial charge on any atom is 0.264 e. The second-order valence-electron chi connectivity index (χ2n) is 3.28. The molecule has 7 nitrogen and oxygen atoms in total. The summed E-state index contributed by atoms with van der Waals surface area (Å²) in [4.78, 5) is 4.54. The maximum atomic E-state index is 11.8. The van der Waals surface area contributed by atoms with E-state index in [1.54, 1.807) is 0 Å². The fourth-order valence-electron chi connectivity index (χ4n) is 1.16. The first-order valence-corrected chi connectivity index (χ1v) is 7.74. The third kappa shape index (κ3) is 2.87. The zero-order valence-electron chi connectivity index (χ0n) is 10.1. The quantitative estimate of drug-likeness (QED) is 0.758. The Bertz CT molecular complexity index is 607. The van der Waals surface area contributed by atoms with Crippen LogP contribution in [0.2, 0.25) is 0 Å². The van der Waals surface area contributed by atoms with Gasteiger partial charge in [0.1, 0.15) is 0 Å². The Labute approximate surface area is 106 Å². The molecule has 0 aliphatic carbocycles. The van der Waals surface area contributed by atoms with Crippen molar-refractivity contribution in [1.82, 2.24) is 9.19 Å². The summed E-state index contributed by atoms with van der Waals surface area (Å²) in [6.07, 6.45) is 0. The molecule has 0 heterocycles. The van der Waals surface area contributed by atoms with Crippen LogP contribution < -0.4 is 4.72 Å². The van der Waals surface area contributed by atoms with Gasteiger partial charge in [0.25, 0.3) is 10.0 Å². The van der Waals surface area contributed by atoms with Gasteiger partial charge in [-0.15, -0.1) is 0 Å². The third-order valence-corrected chi connectivity index (χ3v) is 5.42. The summed E-state index contributed by atoms with van der Waals surface area (Å²) >= 11 is 0. The van der Waals surface area contributed by atoms with E-state index in [1.807, 2.05) is 0 Å². The second-order valence-corrected chi connectivity index (χ2v) is 7.10. The lowest BCUT2D eigenvalue weighted by molar-refractivity contribution is -0.0258. The van der Waals surface area contributed by atoms with Crippen LogP contribution in [0.4, 0.5) is 0 Å². The standard InChI is InChI=1S/C9H14N2O5S2/c1-10-17(12,13)8-4-6-9(7-5-8)18(14,15)11(2)16-3/h4-7,10H,1-3H3. The van der Waals surface area contributed by atoms with E-state index >= 15 is 0 Å². The Hall–Kier alpha value is -1.00. The Morgan fingerprint density at radius 2 is 1.50 bits per heavy atom. The van der Waals surface area contributed by atoms with Gasteiger partial charge in [-0.05, 0) is 31.3 Å². The average Bonchev–Trinajstić information content (AvgIpc) is 2.37. The van der Waals surface area contributed by atoms with Crippen LogP contribution in [0.3, 0.4) is 0 Å². The van der Waals surface area contributed by atoms with Gasteiger partial charge in [0.05, 0.1) is 16.9 Å². The summed E-state index contributed by atoms with van der Waals surface area (Å²) in [7, 11) is -3.60. The van der Waals surface area contributed by atoms with E-state index in [0.29, 0.717) is 4.47 Å². The van der Waals surface area contributed by atoms with Gasteiger partial charge in [-0.3, -0.25) is 4.84 Å². The maximum absolute atomic E-state index is 11.8. The van der Waals surface area contributed by atoms with E-state index in [2.05, 4.69) is 9.56 Å². The Morgan fingerprint density at radius 3 is 1.89 bits per heavy atom. The molecular formula is C9H14N2O5S2. The number of hydrogen-bond donors (Lipinski definition) is 1. The predicted molar refractivity (Wildman–Crippen MR) is 64.6 cm³/mol. The molecule has 0 saturated heterocycles. The Morgan fingerprint density at radius 1 is 1.06 bits per heavy atom. The second kappa shape index (κ2) is 5.33. The average molecular weight is 294 g/mol. The lowest BCUT2D eigenvalue weighted by Gasteiger charge is -2.14. The number of rotatable bonds is 5. The van der Waals surface area contributed by atoms with Gasteiger partial charge in [-0.1, -0.05) is 4.47 Å². The van der Waals surface area contributed by atoms with Crippen LogP contribution in [0.1, 0.15) is 0 Å². The van der Waals surface area contributed by atoms with Crippen LogP contribution in [0.25, 0.3) is 0 Å². The molecule has 0 bridgehead atoms. The van der Waals surface area contributed by atoms with Gasteiger partial charge < -0.3 is 0 Å². The van der Waals surface area contributed by atoms with E-state index in [0.717, 1.165) is 0 Å².